The van der Waals surface area contributed by atoms with Crippen molar-refractivity contribution in [3.8, 4) is 0 Å². The van der Waals surface area contributed by atoms with Gasteiger partial charge in [-0.3, -0.25) is 0 Å². The minimum absolute atomic E-state index is 0.140. The SMILES string of the molecule is NC(Cc1ccc(I)cc1)c1cc2c(s1)CCSC2. The summed E-state index contributed by atoms with van der Waals surface area (Å²) in [6.07, 6.45) is 2.16. The van der Waals surface area contributed by atoms with Gasteiger partial charge in [0.05, 0.1) is 0 Å². The third kappa shape index (κ3) is 3.35. The van der Waals surface area contributed by atoms with E-state index in [9.17, 15) is 0 Å². The lowest BCUT2D eigenvalue weighted by atomic mass is 10.0. The van der Waals surface area contributed by atoms with Crippen molar-refractivity contribution in [2.75, 3.05) is 5.75 Å². The zero-order valence-corrected chi connectivity index (χ0v) is 14.4. The van der Waals surface area contributed by atoms with E-state index in [4.69, 9.17) is 5.73 Å². The smallest absolute Gasteiger partial charge is 0.0430 e. The van der Waals surface area contributed by atoms with Gasteiger partial charge in [-0.2, -0.15) is 11.8 Å². The van der Waals surface area contributed by atoms with Gasteiger partial charge in [0, 0.05) is 25.1 Å². The molecule has 1 nitrogen and oxygen atoms in total. The maximum absolute atomic E-state index is 6.38. The Morgan fingerprint density at radius 3 is 2.79 bits per heavy atom. The fraction of sp³-hybridized carbons (Fsp3) is 0.333. The number of thioether (sulfide) groups is 1. The van der Waals surface area contributed by atoms with E-state index in [-0.39, 0.29) is 6.04 Å². The first-order valence-electron chi connectivity index (χ1n) is 6.41. The van der Waals surface area contributed by atoms with E-state index in [1.165, 1.54) is 37.5 Å². The lowest BCUT2D eigenvalue weighted by molar-refractivity contribution is 0.736. The summed E-state index contributed by atoms with van der Waals surface area (Å²) in [5.41, 5.74) is 9.23. The molecule has 1 unspecified atom stereocenters. The highest BCUT2D eigenvalue weighted by molar-refractivity contribution is 14.1. The predicted molar refractivity (Wildman–Crippen MR) is 94.0 cm³/mol. The van der Waals surface area contributed by atoms with Gasteiger partial charge in [0.2, 0.25) is 0 Å². The van der Waals surface area contributed by atoms with Crippen LogP contribution in [0.1, 0.15) is 26.9 Å². The molecule has 0 amide bonds. The summed E-state index contributed by atoms with van der Waals surface area (Å²) in [7, 11) is 0. The first-order chi connectivity index (χ1) is 9.22. The fourth-order valence-electron chi connectivity index (χ4n) is 2.33. The summed E-state index contributed by atoms with van der Waals surface area (Å²) >= 11 is 6.29. The molecule has 2 heterocycles. The van der Waals surface area contributed by atoms with Crippen LogP contribution in [0, 0.1) is 3.57 Å². The molecule has 1 aliphatic rings. The fourth-order valence-corrected chi connectivity index (χ4v) is 5.07. The highest BCUT2D eigenvalue weighted by Crippen LogP contribution is 2.34. The van der Waals surface area contributed by atoms with Crippen molar-refractivity contribution >= 4 is 45.7 Å². The van der Waals surface area contributed by atoms with Gasteiger partial charge in [-0.05, 0) is 70.5 Å². The highest BCUT2D eigenvalue weighted by Gasteiger charge is 2.17. The van der Waals surface area contributed by atoms with Crippen LogP contribution in [0.3, 0.4) is 0 Å². The standard InChI is InChI=1S/C15H16INS2/c16-12-3-1-10(2-4-12)7-13(17)15-8-11-9-18-6-5-14(11)19-15/h1-4,8,13H,5-7,9,17H2. The van der Waals surface area contributed by atoms with E-state index in [1.807, 2.05) is 23.1 Å². The van der Waals surface area contributed by atoms with Crippen LogP contribution in [0.15, 0.2) is 30.3 Å². The number of nitrogens with two attached hydrogens (primary N) is 1. The van der Waals surface area contributed by atoms with Gasteiger partial charge in [-0.15, -0.1) is 11.3 Å². The van der Waals surface area contributed by atoms with Gasteiger partial charge >= 0.3 is 0 Å². The van der Waals surface area contributed by atoms with Gasteiger partial charge in [-0.25, -0.2) is 0 Å². The van der Waals surface area contributed by atoms with Crippen molar-refractivity contribution < 1.29 is 0 Å². The first-order valence-corrected chi connectivity index (χ1v) is 9.46. The zero-order chi connectivity index (χ0) is 13.2. The number of thiophene rings is 1. The summed E-state index contributed by atoms with van der Waals surface area (Å²) in [4.78, 5) is 2.91. The van der Waals surface area contributed by atoms with Gasteiger partial charge < -0.3 is 5.73 Å². The Labute approximate surface area is 136 Å². The van der Waals surface area contributed by atoms with E-state index >= 15 is 0 Å². The Bertz CT molecular complexity index is 539. The summed E-state index contributed by atoms with van der Waals surface area (Å²) < 4.78 is 1.28. The van der Waals surface area contributed by atoms with Crippen molar-refractivity contribution in [3.05, 3.63) is 54.8 Å². The number of halogens is 1. The lowest BCUT2D eigenvalue weighted by Gasteiger charge is -2.09. The number of fused-ring (bicyclic) bond motifs is 1. The van der Waals surface area contributed by atoms with Gasteiger partial charge in [0.1, 0.15) is 0 Å². The van der Waals surface area contributed by atoms with Crippen LogP contribution in [0.2, 0.25) is 0 Å². The molecule has 2 aromatic rings. The highest BCUT2D eigenvalue weighted by atomic mass is 127. The molecule has 1 aromatic heterocycles. The molecule has 0 saturated heterocycles. The third-order valence-corrected chi connectivity index (χ3v) is 6.48. The molecule has 1 aliphatic heterocycles. The predicted octanol–water partition coefficient (Wildman–Crippen LogP) is 4.38. The van der Waals surface area contributed by atoms with Crippen molar-refractivity contribution in [1.82, 2.24) is 0 Å². The molecule has 0 spiro atoms. The largest absolute Gasteiger partial charge is 0.323 e. The zero-order valence-electron chi connectivity index (χ0n) is 10.6. The molecule has 3 rings (SSSR count). The van der Waals surface area contributed by atoms with E-state index < -0.39 is 0 Å². The monoisotopic (exact) mass is 401 g/mol. The topological polar surface area (TPSA) is 26.0 Å². The van der Waals surface area contributed by atoms with E-state index in [0.717, 1.165) is 6.42 Å². The normalized spacial score (nSPS) is 16.1. The Kier molecular flexibility index (Phi) is 4.51. The van der Waals surface area contributed by atoms with E-state index in [0.29, 0.717) is 0 Å². The second kappa shape index (κ2) is 6.16. The number of rotatable bonds is 3. The number of hydrogen-bond acceptors (Lipinski definition) is 3. The van der Waals surface area contributed by atoms with Crippen LogP contribution in [0.5, 0.6) is 0 Å². The van der Waals surface area contributed by atoms with Crippen LogP contribution >= 0.6 is 45.7 Å². The minimum atomic E-state index is 0.140. The minimum Gasteiger partial charge on any atom is -0.323 e. The second-order valence-electron chi connectivity index (χ2n) is 4.84. The van der Waals surface area contributed by atoms with Crippen molar-refractivity contribution in [3.63, 3.8) is 0 Å². The molecule has 0 saturated carbocycles. The molecule has 1 aromatic carbocycles. The summed E-state index contributed by atoms with van der Waals surface area (Å²) in [6.45, 7) is 0. The van der Waals surface area contributed by atoms with Crippen LogP contribution < -0.4 is 5.73 Å². The molecular formula is C15H16INS2. The van der Waals surface area contributed by atoms with Crippen molar-refractivity contribution in [2.24, 2.45) is 5.73 Å². The molecule has 0 bridgehead atoms. The molecule has 19 heavy (non-hydrogen) atoms. The van der Waals surface area contributed by atoms with Crippen LogP contribution in [-0.4, -0.2) is 5.75 Å². The summed E-state index contributed by atoms with van der Waals surface area (Å²) in [6, 6.07) is 11.2. The molecule has 2 N–H and O–H groups in total. The Hall–Kier alpha value is -0.0400. The summed E-state index contributed by atoms with van der Waals surface area (Å²) in [5.74, 6) is 2.43. The average Bonchev–Trinajstić information content (AvgIpc) is 2.85. The molecule has 0 fully saturated rings. The molecular weight excluding hydrogens is 385 g/mol. The Morgan fingerprint density at radius 2 is 2.05 bits per heavy atom. The first kappa shape index (κ1) is 13.9. The van der Waals surface area contributed by atoms with E-state index in [2.05, 4.69) is 52.9 Å². The van der Waals surface area contributed by atoms with Crippen LogP contribution in [-0.2, 0) is 18.6 Å². The molecule has 4 heteroatoms. The number of hydrogen-bond donors (Lipinski definition) is 1. The maximum Gasteiger partial charge on any atom is 0.0430 e. The van der Waals surface area contributed by atoms with Crippen molar-refractivity contribution in [2.45, 2.75) is 24.6 Å². The molecule has 1 atom stereocenters. The Morgan fingerprint density at radius 1 is 1.26 bits per heavy atom. The second-order valence-corrected chi connectivity index (χ2v) is 8.36. The molecule has 0 aliphatic carbocycles. The van der Waals surface area contributed by atoms with E-state index in [1.54, 1.807) is 4.88 Å². The number of benzene rings is 1. The lowest BCUT2D eigenvalue weighted by Crippen LogP contribution is -2.11. The van der Waals surface area contributed by atoms with Gasteiger partial charge in [0.25, 0.3) is 0 Å². The number of aryl methyl sites for hydroxylation is 1. The van der Waals surface area contributed by atoms with Crippen molar-refractivity contribution in [1.29, 1.82) is 0 Å². The third-order valence-electron chi connectivity index (χ3n) is 3.38. The average molecular weight is 401 g/mol. The maximum atomic E-state index is 6.38. The van der Waals surface area contributed by atoms with Crippen LogP contribution in [0.25, 0.3) is 0 Å². The Balaban J connectivity index is 1.74. The molecule has 0 radical (unpaired) electrons. The van der Waals surface area contributed by atoms with Gasteiger partial charge in [0.15, 0.2) is 0 Å². The molecule has 100 valence electrons. The quantitative estimate of drug-likeness (QED) is 0.773. The van der Waals surface area contributed by atoms with Gasteiger partial charge in [-0.1, -0.05) is 12.1 Å². The van der Waals surface area contributed by atoms with Crippen LogP contribution in [0.4, 0.5) is 0 Å². The summed E-state index contributed by atoms with van der Waals surface area (Å²) in [5, 5.41) is 0.